The zero-order valence-electron chi connectivity index (χ0n) is 12.3. The maximum atomic E-state index is 12.0. The lowest BCUT2D eigenvalue weighted by Gasteiger charge is -2.41. The Hall–Kier alpha value is -1.01. The molecule has 0 aliphatic heterocycles. The Morgan fingerprint density at radius 1 is 1.27 bits per heavy atom. The standard InChI is InChI=1S/C16H20BrNO3S/c17-12-4-6-13(7-5-12)22-10-1-3-14(19)18-16(8-2-9-16)11-15(20)21/h4-7H,1-3,8-11H2,(H,18,19)(H,20,21). The van der Waals surface area contributed by atoms with E-state index in [0.29, 0.717) is 6.42 Å². The predicted molar refractivity (Wildman–Crippen MR) is 91.1 cm³/mol. The van der Waals surface area contributed by atoms with Crippen LogP contribution in [0.3, 0.4) is 0 Å². The molecule has 1 aromatic carbocycles. The SMILES string of the molecule is O=C(O)CC1(NC(=O)CCCSc2ccc(Br)cc2)CCC1. The third kappa shape index (κ3) is 5.32. The molecule has 1 fully saturated rings. The molecule has 6 heteroatoms. The van der Waals surface area contributed by atoms with Crippen molar-refractivity contribution in [2.24, 2.45) is 0 Å². The lowest BCUT2D eigenvalue weighted by Crippen LogP contribution is -2.54. The van der Waals surface area contributed by atoms with Crippen molar-refractivity contribution in [1.82, 2.24) is 5.32 Å². The first-order chi connectivity index (χ1) is 10.5. The van der Waals surface area contributed by atoms with Gasteiger partial charge in [0.05, 0.1) is 12.0 Å². The Labute approximate surface area is 143 Å². The van der Waals surface area contributed by atoms with Crippen molar-refractivity contribution < 1.29 is 14.7 Å². The second-order valence-corrected chi connectivity index (χ2v) is 7.74. The molecule has 0 heterocycles. The minimum Gasteiger partial charge on any atom is -0.481 e. The first-order valence-corrected chi connectivity index (χ1v) is 9.18. The molecule has 1 aliphatic carbocycles. The van der Waals surface area contributed by atoms with Crippen molar-refractivity contribution in [3.8, 4) is 0 Å². The normalized spacial score (nSPS) is 15.9. The zero-order chi connectivity index (χ0) is 16.0. The number of thioether (sulfide) groups is 1. The van der Waals surface area contributed by atoms with Crippen molar-refractivity contribution in [3.63, 3.8) is 0 Å². The molecule has 0 saturated heterocycles. The van der Waals surface area contributed by atoms with E-state index in [4.69, 9.17) is 5.11 Å². The highest BCUT2D eigenvalue weighted by atomic mass is 79.9. The molecule has 2 rings (SSSR count). The van der Waals surface area contributed by atoms with E-state index in [1.165, 1.54) is 4.90 Å². The van der Waals surface area contributed by atoms with Crippen LogP contribution >= 0.6 is 27.7 Å². The van der Waals surface area contributed by atoms with E-state index in [-0.39, 0.29) is 12.3 Å². The monoisotopic (exact) mass is 385 g/mol. The van der Waals surface area contributed by atoms with Gasteiger partial charge in [-0.05, 0) is 55.7 Å². The number of hydrogen-bond acceptors (Lipinski definition) is 3. The second-order valence-electron chi connectivity index (χ2n) is 5.66. The van der Waals surface area contributed by atoms with E-state index < -0.39 is 11.5 Å². The van der Waals surface area contributed by atoms with Gasteiger partial charge in [0.2, 0.25) is 5.91 Å². The number of halogens is 1. The fourth-order valence-electron chi connectivity index (χ4n) is 2.55. The van der Waals surface area contributed by atoms with Gasteiger partial charge in [-0.3, -0.25) is 9.59 Å². The van der Waals surface area contributed by atoms with E-state index >= 15 is 0 Å². The molecule has 22 heavy (non-hydrogen) atoms. The molecule has 0 aromatic heterocycles. The van der Waals surface area contributed by atoms with Crippen LogP contribution in [-0.4, -0.2) is 28.3 Å². The molecule has 0 spiro atoms. The summed E-state index contributed by atoms with van der Waals surface area (Å²) in [5.41, 5.74) is -0.484. The molecule has 4 nitrogen and oxygen atoms in total. The molecule has 0 unspecified atom stereocenters. The molecule has 1 aromatic rings. The number of carboxylic acid groups (broad SMARTS) is 1. The van der Waals surface area contributed by atoms with Crippen LogP contribution < -0.4 is 5.32 Å². The zero-order valence-corrected chi connectivity index (χ0v) is 14.7. The van der Waals surface area contributed by atoms with Gasteiger partial charge in [0.15, 0.2) is 0 Å². The van der Waals surface area contributed by atoms with E-state index in [0.717, 1.165) is 35.9 Å². The van der Waals surface area contributed by atoms with Gasteiger partial charge in [0.1, 0.15) is 0 Å². The lowest BCUT2D eigenvalue weighted by atomic mass is 9.74. The van der Waals surface area contributed by atoms with Crippen molar-refractivity contribution in [1.29, 1.82) is 0 Å². The average Bonchev–Trinajstić information content (AvgIpc) is 2.42. The summed E-state index contributed by atoms with van der Waals surface area (Å²) in [7, 11) is 0. The summed E-state index contributed by atoms with van der Waals surface area (Å²) >= 11 is 5.12. The first-order valence-electron chi connectivity index (χ1n) is 7.40. The van der Waals surface area contributed by atoms with Gasteiger partial charge in [-0.15, -0.1) is 11.8 Å². The van der Waals surface area contributed by atoms with Gasteiger partial charge in [-0.25, -0.2) is 0 Å². The Morgan fingerprint density at radius 2 is 1.95 bits per heavy atom. The van der Waals surface area contributed by atoms with Crippen LogP contribution in [0.15, 0.2) is 33.6 Å². The number of nitrogens with one attached hydrogen (secondary N) is 1. The van der Waals surface area contributed by atoms with E-state index in [1.54, 1.807) is 11.8 Å². The molecule has 120 valence electrons. The second kappa shape index (κ2) is 8.02. The van der Waals surface area contributed by atoms with Gasteiger partial charge in [-0.2, -0.15) is 0 Å². The summed E-state index contributed by atoms with van der Waals surface area (Å²) in [6.45, 7) is 0. The van der Waals surface area contributed by atoms with E-state index in [2.05, 4.69) is 21.2 Å². The molecule has 0 bridgehead atoms. The fraction of sp³-hybridized carbons (Fsp3) is 0.500. The smallest absolute Gasteiger partial charge is 0.305 e. The quantitative estimate of drug-likeness (QED) is 0.526. The third-order valence-electron chi connectivity index (χ3n) is 3.84. The molecule has 2 N–H and O–H groups in total. The van der Waals surface area contributed by atoms with Crippen LogP contribution in [0.4, 0.5) is 0 Å². The van der Waals surface area contributed by atoms with Crippen molar-refractivity contribution in [3.05, 3.63) is 28.7 Å². The highest BCUT2D eigenvalue weighted by molar-refractivity contribution is 9.10. The topological polar surface area (TPSA) is 66.4 Å². The highest BCUT2D eigenvalue weighted by Crippen LogP contribution is 2.35. The Balaban J connectivity index is 1.67. The Kier molecular flexibility index (Phi) is 6.32. The van der Waals surface area contributed by atoms with Crippen molar-refractivity contribution in [2.75, 3.05) is 5.75 Å². The van der Waals surface area contributed by atoms with Gasteiger partial charge >= 0.3 is 5.97 Å². The molecular weight excluding hydrogens is 366 g/mol. The predicted octanol–water partition coefficient (Wildman–Crippen LogP) is 3.84. The average molecular weight is 386 g/mol. The third-order valence-corrected chi connectivity index (χ3v) is 5.46. The summed E-state index contributed by atoms with van der Waals surface area (Å²) in [6, 6.07) is 8.10. The van der Waals surface area contributed by atoms with Gasteiger partial charge in [0.25, 0.3) is 0 Å². The van der Waals surface area contributed by atoms with Crippen LogP contribution in [0, 0.1) is 0 Å². The number of amides is 1. The lowest BCUT2D eigenvalue weighted by molar-refractivity contribution is -0.140. The van der Waals surface area contributed by atoms with Gasteiger partial charge < -0.3 is 10.4 Å². The minimum absolute atomic E-state index is 0.0302. The summed E-state index contributed by atoms with van der Waals surface area (Å²) in [6.07, 6.45) is 3.82. The largest absolute Gasteiger partial charge is 0.481 e. The summed E-state index contributed by atoms with van der Waals surface area (Å²) in [5.74, 6) is 0.00389. The van der Waals surface area contributed by atoms with E-state index in [9.17, 15) is 9.59 Å². The molecule has 1 amide bonds. The molecule has 0 atom stereocenters. The minimum atomic E-state index is -0.842. The number of carboxylic acids is 1. The highest BCUT2D eigenvalue weighted by Gasteiger charge is 2.40. The maximum absolute atomic E-state index is 12.0. The first kappa shape index (κ1) is 17.3. The number of hydrogen-bond donors (Lipinski definition) is 2. The van der Waals surface area contributed by atoms with Crippen molar-refractivity contribution in [2.45, 2.75) is 49.0 Å². The number of aliphatic carboxylic acids is 1. The molecule has 1 saturated carbocycles. The van der Waals surface area contributed by atoms with Crippen LogP contribution in [-0.2, 0) is 9.59 Å². The maximum Gasteiger partial charge on any atom is 0.305 e. The van der Waals surface area contributed by atoms with Crippen LogP contribution in [0.1, 0.15) is 38.5 Å². The number of benzene rings is 1. The summed E-state index contributed by atoms with van der Waals surface area (Å²) < 4.78 is 1.06. The number of rotatable bonds is 8. The Morgan fingerprint density at radius 3 is 2.50 bits per heavy atom. The van der Waals surface area contributed by atoms with Crippen LogP contribution in [0.5, 0.6) is 0 Å². The van der Waals surface area contributed by atoms with Crippen molar-refractivity contribution >= 4 is 39.6 Å². The molecule has 0 radical (unpaired) electrons. The summed E-state index contributed by atoms with van der Waals surface area (Å²) in [5, 5.41) is 11.9. The summed E-state index contributed by atoms with van der Waals surface area (Å²) in [4.78, 5) is 24.0. The number of carbonyl (C=O) groups is 2. The fourth-order valence-corrected chi connectivity index (χ4v) is 3.67. The van der Waals surface area contributed by atoms with Gasteiger partial charge in [-0.1, -0.05) is 15.9 Å². The molecule has 1 aliphatic rings. The Bertz CT molecular complexity index is 529. The number of carbonyl (C=O) groups excluding carboxylic acids is 1. The van der Waals surface area contributed by atoms with Gasteiger partial charge in [0, 0.05) is 15.8 Å². The molecular formula is C16H20BrNO3S. The van der Waals surface area contributed by atoms with Crippen LogP contribution in [0.2, 0.25) is 0 Å². The van der Waals surface area contributed by atoms with Crippen LogP contribution in [0.25, 0.3) is 0 Å². The van der Waals surface area contributed by atoms with E-state index in [1.807, 2.05) is 24.3 Å².